The molecule has 0 amide bonds. The number of hydrogen-bond acceptors (Lipinski definition) is 2. The van der Waals surface area contributed by atoms with Gasteiger partial charge in [0.1, 0.15) is 0 Å². The molecule has 1 aliphatic carbocycles. The quantitative estimate of drug-likeness (QED) is 0.869. The van der Waals surface area contributed by atoms with Gasteiger partial charge < -0.3 is 10.8 Å². The molecule has 1 aromatic rings. The number of rotatable bonds is 3. The van der Waals surface area contributed by atoms with Gasteiger partial charge in [-0.1, -0.05) is 44.2 Å². The summed E-state index contributed by atoms with van der Waals surface area (Å²) in [5.41, 5.74) is 10.9. The van der Waals surface area contributed by atoms with E-state index in [1.807, 2.05) is 0 Å². The molecule has 21 heavy (non-hydrogen) atoms. The highest BCUT2D eigenvalue weighted by Gasteiger charge is 2.37. The summed E-state index contributed by atoms with van der Waals surface area (Å²) < 4.78 is 0. The Balaban J connectivity index is 2.34. The van der Waals surface area contributed by atoms with E-state index in [1.54, 1.807) is 0 Å². The minimum absolute atomic E-state index is 0.132. The van der Waals surface area contributed by atoms with Crippen LogP contribution in [-0.4, -0.2) is 11.7 Å². The topological polar surface area (TPSA) is 46.2 Å². The smallest absolute Gasteiger partial charge is 0.0860 e. The van der Waals surface area contributed by atoms with Crippen molar-refractivity contribution in [2.24, 2.45) is 11.1 Å². The van der Waals surface area contributed by atoms with Crippen LogP contribution in [0.25, 0.3) is 0 Å². The molecular formula is C19H31NO. The molecule has 0 aromatic heterocycles. The Morgan fingerprint density at radius 1 is 0.952 bits per heavy atom. The van der Waals surface area contributed by atoms with Crippen LogP contribution in [-0.2, 0) is 0 Å². The predicted octanol–water partition coefficient (Wildman–Crippen LogP) is 4.33. The van der Waals surface area contributed by atoms with Gasteiger partial charge in [0, 0.05) is 12.0 Å². The maximum atomic E-state index is 11.1. The summed E-state index contributed by atoms with van der Waals surface area (Å²) in [6.07, 6.45) is 7.95. The summed E-state index contributed by atoms with van der Waals surface area (Å²) >= 11 is 0. The minimum Gasteiger partial charge on any atom is -0.388 e. The van der Waals surface area contributed by atoms with Crippen LogP contribution >= 0.6 is 0 Å². The third-order valence-electron chi connectivity index (χ3n) is 5.51. The molecule has 0 spiro atoms. The first kappa shape index (κ1) is 16.5. The van der Waals surface area contributed by atoms with E-state index in [0.29, 0.717) is 6.54 Å². The molecule has 1 atom stereocenters. The summed E-state index contributed by atoms with van der Waals surface area (Å²) in [6, 6.07) is 4.37. The van der Waals surface area contributed by atoms with Crippen molar-refractivity contribution in [2.45, 2.75) is 71.8 Å². The van der Waals surface area contributed by atoms with Gasteiger partial charge in [-0.25, -0.2) is 0 Å². The van der Waals surface area contributed by atoms with E-state index in [-0.39, 0.29) is 5.41 Å². The number of nitrogens with two attached hydrogens (primary N) is 1. The van der Waals surface area contributed by atoms with E-state index in [9.17, 15) is 5.11 Å². The lowest BCUT2D eigenvalue weighted by Gasteiger charge is -2.39. The van der Waals surface area contributed by atoms with Crippen LogP contribution in [0.3, 0.4) is 0 Å². The number of benzene rings is 1. The average molecular weight is 289 g/mol. The molecule has 1 fully saturated rings. The highest BCUT2D eigenvalue weighted by Crippen LogP contribution is 2.44. The first-order valence-corrected chi connectivity index (χ1v) is 8.46. The Morgan fingerprint density at radius 2 is 1.48 bits per heavy atom. The zero-order valence-electron chi connectivity index (χ0n) is 13.9. The van der Waals surface area contributed by atoms with Crippen molar-refractivity contribution in [1.29, 1.82) is 0 Å². The van der Waals surface area contributed by atoms with Crippen LogP contribution in [0.4, 0.5) is 0 Å². The predicted molar refractivity (Wildman–Crippen MR) is 89.4 cm³/mol. The van der Waals surface area contributed by atoms with Gasteiger partial charge in [-0.3, -0.25) is 0 Å². The van der Waals surface area contributed by atoms with Gasteiger partial charge in [0.25, 0.3) is 0 Å². The van der Waals surface area contributed by atoms with Crippen molar-refractivity contribution in [3.8, 4) is 0 Å². The molecule has 0 bridgehead atoms. The standard InChI is InChI=1S/C19H31NO/c1-14-11-16(3)17(12-15(14)2)18(21)19(13-20)9-7-5-4-6-8-10-19/h11-12,18,21H,4-10,13,20H2,1-3H3. The molecule has 1 aliphatic rings. The molecule has 0 aliphatic heterocycles. The largest absolute Gasteiger partial charge is 0.388 e. The van der Waals surface area contributed by atoms with Gasteiger partial charge in [0.05, 0.1) is 6.10 Å². The molecule has 2 heteroatoms. The van der Waals surface area contributed by atoms with Gasteiger partial charge in [0.2, 0.25) is 0 Å². The summed E-state index contributed by atoms with van der Waals surface area (Å²) in [6.45, 7) is 6.95. The van der Waals surface area contributed by atoms with Crippen molar-refractivity contribution >= 4 is 0 Å². The summed E-state index contributed by atoms with van der Waals surface area (Å²) in [7, 11) is 0. The van der Waals surface area contributed by atoms with E-state index >= 15 is 0 Å². The zero-order valence-corrected chi connectivity index (χ0v) is 13.9. The van der Waals surface area contributed by atoms with Gasteiger partial charge >= 0.3 is 0 Å². The maximum absolute atomic E-state index is 11.1. The monoisotopic (exact) mass is 289 g/mol. The van der Waals surface area contributed by atoms with E-state index in [2.05, 4.69) is 32.9 Å². The fourth-order valence-electron chi connectivity index (χ4n) is 3.81. The van der Waals surface area contributed by atoms with Gasteiger partial charge in [-0.2, -0.15) is 0 Å². The van der Waals surface area contributed by atoms with E-state index in [4.69, 9.17) is 5.73 Å². The molecule has 1 unspecified atom stereocenters. The zero-order chi connectivity index (χ0) is 15.5. The van der Waals surface area contributed by atoms with Crippen LogP contribution in [0.2, 0.25) is 0 Å². The molecule has 1 aromatic carbocycles. The molecule has 0 heterocycles. The molecule has 3 N–H and O–H groups in total. The second-order valence-corrected chi connectivity index (χ2v) is 7.03. The lowest BCUT2D eigenvalue weighted by Crippen LogP contribution is -2.38. The van der Waals surface area contributed by atoms with Gasteiger partial charge in [-0.05, 0) is 55.9 Å². The van der Waals surface area contributed by atoms with Crippen molar-refractivity contribution in [2.75, 3.05) is 6.54 Å². The Kier molecular flexibility index (Phi) is 5.45. The molecule has 1 saturated carbocycles. The number of aliphatic hydroxyl groups excluding tert-OH is 1. The molecule has 118 valence electrons. The minimum atomic E-state index is -0.431. The third kappa shape index (κ3) is 3.49. The lowest BCUT2D eigenvalue weighted by atomic mass is 9.69. The second-order valence-electron chi connectivity index (χ2n) is 7.03. The highest BCUT2D eigenvalue weighted by molar-refractivity contribution is 5.38. The SMILES string of the molecule is Cc1cc(C)c(C(O)C2(CN)CCCCCCC2)cc1C. The first-order chi connectivity index (χ1) is 10.00. The van der Waals surface area contributed by atoms with E-state index in [1.165, 1.54) is 48.8 Å². The Morgan fingerprint density at radius 3 is 2.05 bits per heavy atom. The van der Waals surface area contributed by atoms with Crippen LogP contribution in [0.5, 0.6) is 0 Å². The van der Waals surface area contributed by atoms with E-state index < -0.39 is 6.10 Å². The Hall–Kier alpha value is -0.860. The van der Waals surface area contributed by atoms with Crippen LogP contribution in [0.15, 0.2) is 12.1 Å². The number of aryl methyl sites for hydroxylation is 3. The van der Waals surface area contributed by atoms with Crippen molar-refractivity contribution < 1.29 is 5.11 Å². The van der Waals surface area contributed by atoms with Gasteiger partial charge in [-0.15, -0.1) is 0 Å². The lowest BCUT2D eigenvalue weighted by molar-refractivity contribution is 0.00803. The second kappa shape index (κ2) is 6.93. The van der Waals surface area contributed by atoms with Crippen LogP contribution < -0.4 is 5.73 Å². The molecule has 2 rings (SSSR count). The third-order valence-corrected chi connectivity index (χ3v) is 5.51. The number of aliphatic hydroxyl groups is 1. The summed E-state index contributed by atoms with van der Waals surface area (Å²) in [5.74, 6) is 0. The van der Waals surface area contributed by atoms with Crippen molar-refractivity contribution in [3.05, 3.63) is 34.4 Å². The summed E-state index contributed by atoms with van der Waals surface area (Å²) in [4.78, 5) is 0. The molecule has 0 radical (unpaired) electrons. The average Bonchev–Trinajstić information content (AvgIpc) is 2.43. The number of hydrogen-bond donors (Lipinski definition) is 2. The first-order valence-electron chi connectivity index (χ1n) is 8.46. The normalized spacial score (nSPS) is 20.6. The summed E-state index contributed by atoms with van der Waals surface area (Å²) in [5, 5.41) is 11.1. The molecular weight excluding hydrogens is 258 g/mol. The van der Waals surface area contributed by atoms with Crippen LogP contribution in [0, 0.1) is 26.2 Å². The molecule has 2 nitrogen and oxygen atoms in total. The van der Waals surface area contributed by atoms with Crippen LogP contribution in [0.1, 0.15) is 73.3 Å². The Labute approximate surface area is 129 Å². The maximum Gasteiger partial charge on any atom is 0.0860 e. The van der Waals surface area contributed by atoms with Crippen molar-refractivity contribution in [1.82, 2.24) is 0 Å². The van der Waals surface area contributed by atoms with E-state index in [0.717, 1.165) is 18.4 Å². The fraction of sp³-hybridized carbons (Fsp3) is 0.684. The van der Waals surface area contributed by atoms with Gasteiger partial charge in [0.15, 0.2) is 0 Å². The fourth-order valence-corrected chi connectivity index (χ4v) is 3.81. The Bertz CT molecular complexity index is 473. The molecule has 0 saturated heterocycles. The van der Waals surface area contributed by atoms with Crippen molar-refractivity contribution in [3.63, 3.8) is 0 Å². The highest BCUT2D eigenvalue weighted by atomic mass is 16.3.